The lowest BCUT2D eigenvalue weighted by molar-refractivity contribution is -0.571. The predicted molar refractivity (Wildman–Crippen MR) is 248 cm³/mol. The second-order valence-corrected chi connectivity index (χ2v) is 20.8. The van der Waals surface area contributed by atoms with Gasteiger partial charge in [0.2, 0.25) is 0 Å². The number of aromatic nitrogens is 8. The number of rotatable bonds is 5. The van der Waals surface area contributed by atoms with Crippen molar-refractivity contribution in [3.63, 3.8) is 0 Å². The average Bonchev–Trinajstić information content (AvgIpc) is 4.05. The van der Waals surface area contributed by atoms with Gasteiger partial charge in [-0.15, -0.1) is 0 Å². The molecule has 0 bridgehead atoms. The maximum atomic E-state index is 15.3. The smallest absolute Gasteiger partial charge is 0.340 e. The highest BCUT2D eigenvalue weighted by Gasteiger charge is 2.39. The molecule has 6 aromatic carbocycles. The van der Waals surface area contributed by atoms with Crippen molar-refractivity contribution < 1.29 is 8.98 Å². The minimum Gasteiger partial charge on any atom is -0.457 e. The first-order chi connectivity index (χ1) is 30.9. The van der Waals surface area contributed by atoms with Crippen molar-refractivity contribution in [2.24, 2.45) is 0 Å². The Hall–Kier alpha value is -8.35. The van der Waals surface area contributed by atoms with Crippen molar-refractivity contribution in [2.75, 3.05) is 0 Å². The molecule has 0 atom stereocenters. The Morgan fingerprint density at radius 1 is 0.587 bits per heavy atom. The first-order valence-corrected chi connectivity index (χ1v) is 23.8. The SMILES string of the molecule is C[Si]1(C)c2ccc(-n3c(=O)n(-c4ccccc4)c4cc5c(nc43)n(-c3ccccn3)c(=O)n5-c3ccccc3)cc2-n2[c-][n+](-c3ccccc3)c3c4c(cc1c32)oc1ccccc14. The van der Waals surface area contributed by atoms with E-state index in [9.17, 15) is 4.79 Å². The third kappa shape index (κ3) is 4.86. The maximum absolute atomic E-state index is 15.3. The molecule has 0 saturated heterocycles. The second kappa shape index (κ2) is 12.8. The van der Waals surface area contributed by atoms with Gasteiger partial charge in [-0.3, -0.25) is 18.3 Å². The molecule has 300 valence electrons. The van der Waals surface area contributed by atoms with Crippen LogP contribution in [0.1, 0.15) is 0 Å². The summed E-state index contributed by atoms with van der Waals surface area (Å²) in [6.45, 7) is 4.75. The Balaban J connectivity index is 1.13. The second-order valence-electron chi connectivity index (χ2n) is 16.5. The van der Waals surface area contributed by atoms with Crippen molar-refractivity contribution in [3.05, 3.63) is 197 Å². The van der Waals surface area contributed by atoms with Crippen molar-refractivity contribution in [1.29, 1.82) is 0 Å². The first-order valence-electron chi connectivity index (χ1n) is 20.8. The van der Waals surface area contributed by atoms with Crippen LogP contribution in [0.5, 0.6) is 0 Å². The molecule has 0 saturated carbocycles. The van der Waals surface area contributed by atoms with Gasteiger partial charge in [-0.1, -0.05) is 98.0 Å². The fourth-order valence-electron chi connectivity index (χ4n) is 9.73. The zero-order chi connectivity index (χ0) is 42.1. The van der Waals surface area contributed by atoms with E-state index in [1.165, 1.54) is 14.9 Å². The summed E-state index contributed by atoms with van der Waals surface area (Å²) in [4.78, 5) is 39.7. The summed E-state index contributed by atoms with van der Waals surface area (Å²) in [7, 11) is -2.44. The van der Waals surface area contributed by atoms with Crippen molar-refractivity contribution in [3.8, 4) is 34.3 Å². The van der Waals surface area contributed by atoms with E-state index in [-0.39, 0.29) is 11.4 Å². The van der Waals surface area contributed by atoms with Crippen LogP contribution in [0.15, 0.2) is 184 Å². The van der Waals surface area contributed by atoms with Gasteiger partial charge >= 0.3 is 11.4 Å². The van der Waals surface area contributed by atoms with Gasteiger partial charge in [0, 0.05) is 22.7 Å². The molecule has 63 heavy (non-hydrogen) atoms. The number of furan rings is 1. The molecule has 0 spiro atoms. The van der Waals surface area contributed by atoms with E-state index in [1.807, 2.05) is 115 Å². The molecule has 0 unspecified atom stereocenters. The number of fused-ring (bicyclic) bond motifs is 8. The van der Waals surface area contributed by atoms with Crippen molar-refractivity contribution in [1.82, 2.24) is 32.8 Å². The van der Waals surface area contributed by atoms with Crippen molar-refractivity contribution in [2.45, 2.75) is 13.1 Å². The number of imidazole rings is 3. The van der Waals surface area contributed by atoms with E-state index in [2.05, 4.69) is 76.0 Å². The molecule has 0 aliphatic carbocycles. The van der Waals surface area contributed by atoms with E-state index >= 15 is 4.79 Å². The van der Waals surface area contributed by atoms with Crippen LogP contribution in [-0.2, 0) is 0 Å². The molecule has 12 aromatic rings. The average molecular weight is 835 g/mol. The molecule has 1 aliphatic rings. The van der Waals surface area contributed by atoms with Gasteiger partial charge in [0.1, 0.15) is 25.1 Å². The summed E-state index contributed by atoms with van der Waals surface area (Å²) in [6, 6.07) is 53.4. The van der Waals surface area contributed by atoms with Crippen LogP contribution in [-0.4, -0.2) is 40.9 Å². The van der Waals surface area contributed by atoms with E-state index in [0.717, 1.165) is 44.3 Å². The van der Waals surface area contributed by atoms with Gasteiger partial charge in [0.25, 0.3) is 6.33 Å². The molecule has 0 amide bonds. The van der Waals surface area contributed by atoms with Gasteiger partial charge in [-0.05, 0) is 89.2 Å². The summed E-state index contributed by atoms with van der Waals surface area (Å²) in [6.07, 6.45) is 5.44. The molecule has 12 heteroatoms. The molecule has 6 aromatic heterocycles. The topological polar surface area (TPSA) is 102 Å². The summed E-state index contributed by atoms with van der Waals surface area (Å²) in [5, 5.41) is 4.51. The van der Waals surface area contributed by atoms with Gasteiger partial charge in [0.05, 0.1) is 44.8 Å². The van der Waals surface area contributed by atoms with E-state index in [4.69, 9.17) is 9.40 Å². The van der Waals surface area contributed by atoms with E-state index < -0.39 is 8.07 Å². The lowest BCUT2D eigenvalue weighted by Crippen LogP contribution is -2.57. The lowest BCUT2D eigenvalue weighted by Gasteiger charge is -2.33. The Labute approximate surface area is 358 Å². The summed E-state index contributed by atoms with van der Waals surface area (Å²) >= 11 is 0. The molecular formula is C51H34N8O3Si. The zero-order valence-electron chi connectivity index (χ0n) is 34.0. The van der Waals surface area contributed by atoms with Crippen molar-refractivity contribution >= 4 is 73.7 Å². The minimum absolute atomic E-state index is 0.297. The molecule has 13 rings (SSSR count). The van der Waals surface area contributed by atoms with E-state index in [1.54, 1.807) is 26.0 Å². The third-order valence-corrected chi connectivity index (χ3v) is 16.1. The largest absolute Gasteiger partial charge is 0.457 e. The normalized spacial score (nSPS) is 13.2. The fraction of sp³-hybridized carbons (Fsp3) is 0.0392. The molecule has 0 radical (unpaired) electrons. The monoisotopic (exact) mass is 834 g/mol. The van der Waals surface area contributed by atoms with Crippen LogP contribution in [0.25, 0.3) is 89.6 Å². The molecular weight excluding hydrogens is 801 g/mol. The Bertz CT molecular complexity index is 3970. The van der Waals surface area contributed by atoms with Crippen LogP contribution in [0.2, 0.25) is 13.1 Å². The quantitative estimate of drug-likeness (QED) is 0.100. The van der Waals surface area contributed by atoms with Crippen LogP contribution in [0.3, 0.4) is 0 Å². The minimum atomic E-state index is -2.44. The number of para-hydroxylation sites is 4. The first kappa shape index (κ1) is 35.4. The summed E-state index contributed by atoms with van der Waals surface area (Å²) < 4.78 is 17.4. The number of pyridine rings is 2. The lowest BCUT2D eigenvalue weighted by atomic mass is 10.1. The highest BCUT2D eigenvalue weighted by Crippen LogP contribution is 2.37. The summed E-state index contributed by atoms with van der Waals surface area (Å²) in [5.41, 5.74) is 8.88. The predicted octanol–water partition coefficient (Wildman–Crippen LogP) is 7.72. The Morgan fingerprint density at radius 3 is 1.92 bits per heavy atom. The molecule has 1 aliphatic heterocycles. The molecule has 0 N–H and O–H groups in total. The molecule has 11 nitrogen and oxygen atoms in total. The van der Waals surface area contributed by atoms with Crippen LogP contribution in [0.4, 0.5) is 0 Å². The van der Waals surface area contributed by atoms with Crippen LogP contribution < -0.4 is 26.3 Å². The van der Waals surface area contributed by atoms with Crippen LogP contribution in [0, 0.1) is 6.33 Å². The van der Waals surface area contributed by atoms with Gasteiger partial charge in [-0.2, -0.15) is 0 Å². The standard InChI is InChI=1S/C51H34N8O3Si/c1-63(2)42-26-25-35(28-37(42)55-31-54(32-16-6-3-7-17-32)47-45-36-22-12-13-23-40(36)62-41(45)30-43(63)46(47)55)58-48-38(56(50(58)60)33-18-8-4-9-19-33)29-39-49(53-48)59(44-24-14-15-27-52-44)51(61)57(39)34-20-10-5-11-21-34/h3-30H,1-2H3. The van der Waals surface area contributed by atoms with Gasteiger partial charge in [0.15, 0.2) is 11.3 Å². The number of hydrogen-bond acceptors (Lipinski definition) is 5. The number of benzene rings is 6. The highest BCUT2D eigenvalue weighted by molar-refractivity contribution is 7.02. The van der Waals surface area contributed by atoms with Gasteiger partial charge in [-0.25, -0.2) is 28.7 Å². The zero-order valence-corrected chi connectivity index (χ0v) is 35.0. The fourth-order valence-corrected chi connectivity index (χ4v) is 12.7. The Morgan fingerprint density at radius 2 is 1.22 bits per heavy atom. The molecule has 0 fully saturated rings. The maximum Gasteiger partial charge on any atom is 0.340 e. The van der Waals surface area contributed by atoms with Crippen LogP contribution >= 0.6 is 0 Å². The highest BCUT2D eigenvalue weighted by atomic mass is 28.3. The third-order valence-electron chi connectivity index (χ3n) is 12.6. The summed E-state index contributed by atoms with van der Waals surface area (Å²) in [5.74, 6) is 0.420. The number of nitrogens with zero attached hydrogens (tertiary/aromatic N) is 8. The number of hydrogen-bond donors (Lipinski definition) is 0. The Kier molecular flexibility index (Phi) is 7.21. The van der Waals surface area contributed by atoms with E-state index in [0.29, 0.717) is 45.2 Å². The van der Waals surface area contributed by atoms with Gasteiger partial charge < -0.3 is 4.42 Å². The molecule has 7 heterocycles.